The molecule has 3 heterocycles. The monoisotopic (exact) mass is 692 g/mol. The van der Waals surface area contributed by atoms with Crippen molar-refractivity contribution >= 4 is 32.7 Å². The standard InChI is InChI=1S/C48H32N6/c1-4-16-31(17-5-1)43-37-22-10-13-25-40(37)49-46(52-43)34-28-35(47-50-41-26-14-11-23-38(41)44(53-47)32-18-6-2-7-19-32)30-36(29-34)48-51-42-27-15-12-24-39(42)45(54-48)33-20-8-3-9-21-33/h1-20,22-30,33H,21H2. The smallest absolute Gasteiger partial charge is 0.160 e. The normalized spacial score (nSPS) is 13.9. The lowest BCUT2D eigenvalue weighted by Crippen LogP contribution is -2.04. The van der Waals surface area contributed by atoms with E-state index in [0.29, 0.717) is 17.5 Å². The molecule has 54 heavy (non-hydrogen) atoms. The maximum Gasteiger partial charge on any atom is 0.160 e. The first-order chi connectivity index (χ1) is 26.7. The Kier molecular flexibility index (Phi) is 7.84. The summed E-state index contributed by atoms with van der Waals surface area (Å²) in [6.07, 6.45) is 9.50. The number of hydrogen-bond donors (Lipinski definition) is 0. The van der Waals surface area contributed by atoms with Gasteiger partial charge in [0.05, 0.1) is 33.6 Å². The van der Waals surface area contributed by atoms with E-state index in [1.54, 1.807) is 0 Å². The lowest BCUT2D eigenvalue weighted by Gasteiger charge is -2.17. The van der Waals surface area contributed by atoms with Gasteiger partial charge in [-0.25, -0.2) is 29.9 Å². The number of fused-ring (bicyclic) bond motifs is 3. The largest absolute Gasteiger partial charge is 0.232 e. The zero-order valence-corrected chi connectivity index (χ0v) is 29.2. The Morgan fingerprint density at radius 2 is 0.796 bits per heavy atom. The molecule has 0 aliphatic heterocycles. The molecule has 0 fully saturated rings. The molecule has 0 saturated heterocycles. The van der Waals surface area contributed by atoms with Gasteiger partial charge in [0.2, 0.25) is 0 Å². The van der Waals surface area contributed by atoms with Crippen LogP contribution in [0.3, 0.4) is 0 Å². The summed E-state index contributed by atoms with van der Waals surface area (Å²) in [5, 5.41) is 3.04. The third kappa shape index (κ3) is 5.80. The van der Waals surface area contributed by atoms with Crippen LogP contribution >= 0.6 is 0 Å². The second kappa shape index (κ2) is 13.4. The van der Waals surface area contributed by atoms with Gasteiger partial charge in [0.25, 0.3) is 0 Å². The van der Waals surface area contributed by atoms with Crippen molar-refractivity contribution in [1.29, 1.82) is 0 Å². The Balaban J connectivity index is 1.24. The predicted octanol–water partition coefficient (Wildman–Crippen LogP) is 11.5. The Morgan fingerprint density at radius 1 is 0.370 bits per heavy atom. The molecule has 0 saturated carbocycles. The highest BCUT2D eigenvalue weighted by Gasteiger charge is 2.20. The zero-order chi connectivity index (χ0) is 35.8. The molecule has 0 spiro atoms. The van der Waals surface area contributed by atoms with Gasteiger partial charge in [-0.3, -0.25) is 0 Å². The molecule has 0 N–H and O–H groups in total. The molecule has 254 valence electrons. The van der Waals surface area contributed by atoms with Crippen molar-refractivity contribution < 1.29 is 0 Å². The van der Waals surface area contributed by atoms with Gasteiger partial charge in [0.15, 0.2) is 17.5 Å². The molecule has 0 bridgehead atoms. The summed E-state index contributed by atoms with van der Waals surface area (Å²) in [5.41, 5.74) is 9.90. The van der Waals surface area contributed by atoms with Crippen LogP contribution in [0.5, 0.6) is 0 Å². The van der Waals surface area contributed by atoms with E-state index in [1.165, 1.54) is 0 Å². The molecular formula is C48H32N6. The van der Waals surface area contributed by atoms with E-state index >= 15 is 0 Å². The minimum atomic E-state index is 0.138. The molecule has 1 aliphatic rings. The van der Waals surface area contributed by atoms with Gasteiger partial charge >= 0.3 is 0 Å². The molecule has 1 unspecified atom stereocenters. The number of para-hydroxylation sites is 3. The first kappa shape index (κ1) is 31.5. The Hall–Kier alpha value is -7.18. The predicted molar refractivity (Wildman–Crippen MR) is 219 cm³/mol. The van der Waals surface area contributed by atoms with Crippen LogP contribution in [0.15, 0.2) is 176 Å². The molecule has 1 atom stereocenters. The topological polar surface area (TPSA) is 77.3 Å². The summed E-state index contributed by atoms with van der Waals surface area (Å²) >= 11 is 0. The van der Waals surface area contributed by atoms with Crippen LogP contribution in [-0.2, 0) is 0 Å². The summed E-state index contributed by atoms with van der Waals surface area (Å²) in [6.45, 7) is 0. The summed E-state index contributed by atoms with van der Waals surface area (Å²) in [6, 6.07) is 51.5. The van der Waals surface area contributed by atoms with E-state index in [4.69, 9.17) is 29.9 Å². The van der Waals surface area contributed by atoms with Gasteiger partial charge < -0.3 is 0 Å². The van der Waals surface area contributed by atoms with E-state index in [0.717, 1.165) is 84.0 Å². The highest BCUT2D eigenvalue weighted by atomic mass is 14.9. The highest BCUT2D eigenvalue weighted by molar-refractivity contribution is 5.95. The molecule has 6 nitrogen and oxygen atoms in total. The van der Waals surface area contributed by atoms with Gasteiger partial charge in [-0.2, -0.15) is 0 Å². The van der Waals surface area contributed by atoms with Crippen molar-refractivity contribution in [2.45, 2.75) is 12.3 Å². The Labute approximate surface area is 312 Å². The van der Waals surface area contributed by atoms with E-state index in [2.05, 4.69) is 97.1 Å². The molecular weight excluding hydrogens is 661 g/mol. The van der Waals surface area contributed by atoms with Crippen LogP contribution in [-0.4, -0.2) is 29.9 Å². The van der Waals surface area contributed by atoms with Crippen molar-refractivity contribution in [2.24, 2.45) is 0 Å². The van der Waals surface area contributed by atoms with E-state index in [1.807, 2.05) is 78.9 Å². The van der Waals surface area contributed by atoms with Crippen LogP contribution in [0.1, 0.15) is 18.0 Å². The molecule has 6 heteroatoms. The molecule has 10 rings (SSSR count). The number of rotatable bonds is 6. The zero-order valence-electron chi connectivity index (χ0n) is 29.2. The average molecular weight is 693 g/mol. The molecule has 9 aromatic rings. The van der Waals surface area contributed by atoms with E-state index < -0.39 is 0 Å². The van der Waals surface area contributed by atoms with Crippen LogP contribution in [0.2, 0.25) is 0 Å². The van der Waals surface area contributed by atoms with E-state index in [9.17, 15) is 0 Å². The molecule has 0 radical (unpaired) electrons. The maximum absolute atomic E-state index is 5.32. The van der Waals surface area contributed by atoms with Crippen molar-refractivity contribution in [2.75, 3.05) is 0 Å². The summed E-state index contributed by atoms with van der Waals surface area (Å²) in [5.74, 6) is 1.96. The van der Waals surface area contributed by atoms with Gasteiger partial charge in [0.1, 0.15) is 0 Å². The van der Waals surface area contributed by atoms with Crippen molar-refractivity contribution in [1.82, 2.24) is 29.9 Å². The van der Waals surface area contributed by atoms with Gasteiger partial charge in [-0.1, -0.05) is 140 Å². The molecule has 3 aromatic heterocycles. The lowest BCUT2D eigenvalue weighted by atomic mass is 9.94. The number of benzene rings is 6. The third-order valence-electron chi connectivity index (χ3n) is 9.97. The minimum absolute atomic E-state index is 0.138. The average Bonchev–Trinajstić information content (AvgIpc) is 3.26. The molecule has 0 amide bonds. The number of nitrogens with zero attached hydrogens (tertiary/aromatic N) is 6. The van der Waals surface area contributed by atoms with Gasteiger partial charge in [-0.05, 0) is 42.8 Å². The molecule has 1 aliphatic carbocycles. The second-order valence-electron chi connectivity index (χ2n) is 13.5. The third-order valence-corrected chi connectivity index (χ3v) is 9.97. The SMILES string of the molecule is C1=CCC(c2nc(-c3cc(-c4nc(-c5ccccc5)c5ccccc5n4)cc(-c4nc(-c5ccccc5)c5ccccc5n4)c3)nc3ccccc23)C=C1. The van der Waals surface area contributed by atoms with Crippen LogP contribution in [0, 0.1) is 0 Å². The van der Waals surface area contributed by atoms with Crippen LogP contribution in [0.4, 0.5) is 0 Å². The summed E-state index contributed by atoms with van der Waals surface area (Å²) < 4.78 is 0. The number of allylic oxidation sites excluding steroid dienone is 4. The maximum atomic E-state index is 5.32. The summed E-state index contributed by atoms with van der Waals surface area (Å²) in [4.78, 5) is 31.3. The van der Waals surface area contributed by atoms with Gasteiger partial charge in [0, 0.05) is 49.9 Å². The van der Waals surface area contributed by atoms with Crippen molar-refractivity contribution in [3.05, 3.63) is 182 Å². The lowest BCUT2D eigenvalue weighted by molar-refractivity contribution is 0.823. The fourth-order valence-corrected chi connectivity index (χ4v) is 7.35. The fourth-order valence-electron chi connectivity index (χ4n) is 7.35. The second-order valence-corrected chi connectivity index (χ2v) is 13.5. The summed E-state index contributed by atoms with van der Waals surface area (Å²) in [7, 11) is 0. The first-order valence-electron chi connectivity index (χ1n) is 18.2. The van der Waals surface area contributed by atoms with Crippen LogP contribution in [0.25, 0.3) is 89.4 Å². The quantitative estimate of drug-likeness (QED) is 0.173. The highest BCUT2D eigenvalue weighted by Crippen LogP contribution is 2.37. The van der Waals surface area contributed by atoms with E-state index in [-0.39, 0.29) is 5.92 Å². The molecule has 6 aromatic carbocycles. The Morgan fingerprint density at radius 3 is 1.28 bits per heavy atom. The van der Waals surface area contributed by atoms with Crippen molar-refractivity contribution in [3.8, 4) is 56.7 Å². The Bertz CT molecular complexity index is 2780. The van der Waals surface area contributed by atoms with Gasteiger partial charge in [-0.15, -0.1) is 0 Å². The first-order valence-corrected chi connectivity index (χ1v) is 18.2. The minimum Gasteiger partial charge on any atom is -0.232 e. The van der Waals surface area contributed by atoms with Crippen molar-refractivity contribution in [3.63, 3.8) is 0 Å². The number of aromatic nitrogens is 6. The fraction of sp³-hybridized carbons (Fsp3) is 0.0417. The number of hydrogen-bond acceptors (Lipinski definition) is 6. The van der Waals surface area contributed by atoms with Crippen LogP contribution < -0.4 is 0 Å².